The van der Waals surface area contributed by atoms with Crippen molar-refractivity contribution >= 4 is 11.0 Å². The molecule has 0 bridgehead atoms. The number of benzene rings is 1. The molecule has 5 heteroatoms. The van der Waals surface area contributed by atoms with E-state index in [4.69, 9.17) is 9.47 Å². The van der Waals surface area contributed by atoms with Crippen molar-refractivity contribution in [3.63, 3.8) is 0 Å². The molecule has 0 amide bonds. The minimum Gasteiger partial charge on any atom is -0.353 e. The van der Waals surface area contributed by atoms with Crippen LogP contribution in [0.25, 0.3) is 11.0 Å². The summed E-state index contributed by atoms with van der Waals surface area (Å²) in [6.45, 7) is 2.36. The Balaban J connectivity index is 1.68. The molecule has 1 aromatic carbocycles. The fourth-order valence-electron chi connectivity index (χ4n) is 2.01. The second-order valence-corrected chi connectivity index (χ2v) is 4.11. The topological polar surface area (TPSA) is 49.2 Å². The number of ether oxygens (including phenoxy) is 2. The standard InChI is InChI=1S/C12H15N3O2/c1-2-5-11-10(4-1)13-14-15(11)7-6-12-16-8-3-9-17-12/h1-2,4-5,12H,3,6-9H2. The third kappa shape index (κ3) is 2.30. The summed E-state index contributed by atoms with van der Waals surface area (Å²) in [6.07, 6.45) is 1.71. The van der Waals surface area contributed by atoms with Crippen LogP contribution in [-0.4, -0.2) is 34.5 Å². The molecule has 5 nitrogen and oxygen atoms in total. The molecule has 1 aromatic heterocycles. The Hall–Kier alpha value is -1.46. The Bertz CT molecular complexity index is 491. The highest BCUT2D eigenvalue weighted by Crippen LogP contribution is 2.13. The molecule has 90 valence electrons. The van der Waals surface area contributed by atoms with E-state index >= 15 is 0 Å². The summed E-state index contributed by atoms with van der Waals surface area (Å²) in [5.74, 6) is 0. The van der Waals surface area contributed by atoms with E-state index in [2.05, 4.69) is 10.3 Å². The molecule has 1 aliphatic rings. The highest BCUT2D eigenvalue weighted by molar-refractivity contribution is 5.73. The van der Waals surface area contributed by atoms with Gasteiger partial charge in [-0.15, -0.1) is 5.10 Å². The molecule has 1 saturated heterocycles. The minimum absolute atomic E-state index is 0.0910. The molecule has 2 heterocycles. The van der Waals surface area contributed by atoms with E-state index in [9.17, 15) is 0 Å². The average molecular weight is 233 g/mol. The predicted octanol–water partition coefficient (Wildman–Crippen LogP) is 1.58. The first-order chi connectivity index (χ1) is 8.43. The van der Waals surface area contributed by atoms with E-state index in [0.29, 0.717) is 0 Å². The normalized spacial score (nSPS) is 17.6. The minimum atomic E-state index is -0.0910. The summed E-state index contributed by atoms with van der Waals surface area (Å²) in [7, 11) is 0. The van der Waals surface area contributed by atoms with Crippen molar-refractivity contribution in [1.82, 2.24) is 15.0 Å². The number of rotatable bonds is 3. The van der Waals surface area contributed by atoms with E-state index < -0.39 is 0 Å². The maximum absolute atomic E-state index is 5.50. The number of nitrogens with zero attached hydrogens (tertiary/aromatic N) is 3. The molecule has 0 saturated carbocycles. The number of aromatic nitrogens is 3. The second-order valence-electron chi connectivity index (χ2n) is 4.11. The first kappa shape index (κ1) is 10.7. The molecule has 17 heavy (non-hydrogen) atoms. The fourth-order valence-corrected chi connectivity index (χ4v) is 2.01. The van der Waals surface area contributed by atoms with Gasteiger partial charge in [-0.1, -0.05) is 17.3 Å². The van der Waals surface area contributed by atoms with Crippen molar-refractivity contribution in [3.05, 3.63) is 24.3 Å². The lowest BCUT2D eigenvalue weighted by Gasteiger charge is -2.22. The van der Waals surface area contributed by atoms with Crippen molar-refractivity contribution in [3.8, 4) is 0 Å². The van der Waals surface area contributed by atoms with Crippen molar-refractivity contribution in [2.75, 3.05) is 13.2 Å². The van der Waals surface area contributed by atoms with Crippen LogP contribution in [0.2, 0.25) is 0 Å². The first-order valence-corrected chi connectivity index (χ1v) is 5.95. The van der Waals surface area contributed by atoms with Crippen LogP contribution in [0, 0.1) is 0 Å². The molecular formula is C12H15N3O2. The molecule has 0 unspecified atom stereocenters. The summed E-state index contributed by atoms with van der Waals surface area (Å²) in [5.41, 5.74) is 1.99. The van der Waals surface area contributed by atoms with E-state index in [0.717, 1.165) is 43.6 Å². The van der Waals surface area contributed by atoms with Gasteiger partial charge in [-0.25, -0.2) is 4.68 Å². The predicted molar refractivity (Wildman–Crippen MR) is 62.5 cm³/mol. The van der Waals surface area contributed by atoms with Crippen molar-refractivity contribution in [2.24, 2.45) is 0 Å². The maximum atomic E-state index is 5.50. The Kier molecular flexibility index (Phi) is 3.02. The first-order valence-electron chi connectivity index (χ1n) is 5.95. The number of aryl methyl sites for hydroxylation is 1. The Labute approximate surface area is 99.3 Å². The number of hydrogen-bond donors (Lipinski definition) is 0. The highest BCUT2D eigenvalue weighted by atomic mass is 16.7. The third-order valence-corrected chi connectivity index (χ3v) is 2.89. The fraction of sp³-hybridized carbons (Fsp3) is 0.500. The molecule has 0 spiro atoms. The molecule has 1 fully saturated rings. The van der Waals surface area contributed by atoms with Crippen LogP contribution in [0.1, 0.15) is 12.8 Å². The highest BCUT2D eigenvalue weighted by Gasteiger charge is 2.14. The van der Waals surface area contributed by atoms with Crippen LogP contribution >= 0.6 is 0 Å². The smallest absolute Gasteiger partial charge is 0.159 e. The zero-order valence-electron chi connectivity index (χ0n) is 9.58. The van der Waals surface area contributed by atoms with Crippen LogP contribution in [-0.2, 0) is 16.0 Å². The van der Waals surface area contributed by atoms with Gasteiger partial charge in [0.05, 0.1) is 18.7 Å². The molecule has 1 aliphatic heterocycles. The Morgan fingerprint density at radius 3 is 2.94 bits per heavy atom. The molecule has 0 radical (unpaired) electrons. The van der Waals surface area contributed by atoms with E-state index in [1.54, 1.807) is 0 Å². The molecule has 3 rings (SSSR count). The van der Waals surface area contributed by atoms with Crippen molar-refractivity contribution in [2.45, 2.75) is 25.7 Å². The van der Waals surface area contributed by atoms with Crippen LogP contribution in [0.5, 0.6) is 0 Å². The summed E-state index contributed by atoms with van der Waals surface area (Å²) in [4.78, 5) is 0. The van der Waals surface area contributed by atoms with Gasteiger partial charge >= 0.3 is 0 Å². The zero-order chi connectivity index (χ0) is 11.5. The molecule has 2 aromatic rings. The van der Waals surface area contributed by atoms with Gasteiger partial charge in [0.25, 0.3) is 0 Å². The van der Waals surface area contributed by atoms with E-state index in [-0.39, 0.29) is 6.29 Å². The molecule has 0 aliphatic carbocycles. The van der Waals surface area contributed by atoms with Gasteiger partial charge in [-0.3, -0.25) is 0 Å². The SMILES string of the molecule is c1ccc2c(c1)nnn2CCC1OCCCO1. The van der Waals surface area contributed by atoms with Gasteiger partial charge in [0.2, 0.25) is 0 Å². The Morgan fingerprint density at radius 2 is 2.06 bits per heavy atom. The lowest BCUT2D eigenvalue weighted by atomic mass is 10.3. The zero-order valence-corrected chi connectivity index (χ0v) is 9.58. The lowest BCUT2D eigenvalue weighted by Crippen LogP contribution is -2.26. The number of para-hydroxylation sites is 1. The summed E-state index contributed by atoms with van der Waals surface area (Å²) in [6, 6.07) is 7.95. The van der Waals surface area contributed by atoms with Crippen molar-refractivity contribution < 1.29 is 9.47 Å². The molecule has 0 N–H and O–H groups in total. The summed E-state index contributed by atoms with van der Waals surface area (Å²) >= 11 is 0. The molecular weight excluding hydrogens is 218 g/mol. The number of hydrogen-bond acceptors (Lipinski definition) is 4. The van der Waals surface area contributed by atoms with E-state index in [1.807, 2.05) is 28.9 Å². The molecule has 0 atom stereocenters. The van der Waals surface area contributed by atoms with Gasteiger partial charge in [0.15, 0.2) is 6.29 Å². The number of fused-ring (bicyclic) bond motifs is 1. The third-order valence-electron chi connectivity index (χ3n) is 2.89. The monoisotopic (exact) mass is 233 g/mol. The summed E-state index contributed by atoms with van der Waals surface area (Å²) < 4.78 is 12.9. The largest absolute Gasteiger partial charge is 0.353 e. The van der Waals surface area contributed by atoms with Gasteiger partial charge in [-0.05, 0) is 18.6 Å². The van der Waals surface area contributed by atoms with E-state index in [1.165, 1.54) is 0 Å². The van der Waals surface area contributed by atoms with Gasteiger partial charge in [0, 0.05) is 13.0 Å². The van der Waals surface area contributed by atoms with Crippen LogP contribution < -0.4 is 0 Å². The summed E-state index contributed by atoms with van der Waals surface area (Å²) in [5, 5.41) is 8.25. The lowest BCUT2D eigenvalue weighted by molar-refractivity contribution is -0.182. The van der Waals surface area contributed by atoms with Crippen LogP contribution in [0.3, 0.4) is 0 Å². The van der Waals surface area contributed by atoms with Crippen LogP contribution in [0.15, 0.2) is 24.3 Å². The maximum Gasteiger partial charge on any atom is 0.159 e. The van der Waals surface area contributed by atoms with Gasteiger partial charge in [0.1, 0.15) is 5.52 Å². The average Bonchev–Trinajstić information content (AvgIpc) is 2.81. The Morgan fingerprint density at radius 1 is 1.24 bits per heavy atom. The van der Waals surface area contributed by atoms with Crippen molar-refractivity contribution in [1.29, 1.82) is 0 Å². The second kappa shape index (κ2) is 4.81. The van der Waals surface area contributed by atoms with Gasteiger partial charge < -0.3 is 9.47 Å². The van der Waals surface area contributed by atoms with Crippen LogP contribution in [0.4, 0.5) is 0 Å². The quantitative estimate of drug-likeness (QED) is 0.807. The van der Waals surface area contributed by atoms with Gasteiger partial charge in [-0.2, -0.15) is 0 Å².